The first-order valence-corrected chi connectivity index (χ1v) is 8.63. The van der Waals surface area contributed by atoms with Gasteiger partial charge in [0.25, 0.3) is 0 Å². The van der Waals surface area contributed by atoms with Crippen LogP contribution in [0.3, 0.4) is 0 Å². The largest absolute Gasteiger partial charge is 0.361 e. The minimum Gasteiger partial charge on any atom is -0.361 e. The zero-order valence-electron chi connectivity index (χ0n) is 14.7. The summed E-state index contributed by atoms with van der Waals surface area (Å²) < 4.78 is 0. The van der Waals surface area contributed by atoms with Gasteiger partial charge in [0.05, 0.1) is 6.04 Å². The number of nitrogens with zero attached hydrogens (tertiary/aromatic N) is 2. The number of hydrogen-bond donors (Lipinski definition) is 2. The molecule has 0 saturated carbocycles. The number of aromatic nitrogens is 1. The van der Waals surface area contributed by atoms with Crippen molar-refractivity contribution in [1.82, 2.24) is 20.1 Å². The smallest absolute Gasteiger partial charge is 0.317 e. The Bertz CT molecular complexity index is 745. The van der Waals surface area contributed by atoms with Crippen LogP contribution in [0.2, 0.25) is 0 Å². The van der Waals surface area contributed by atoms with E-state index >= 15 is 0 Å². The maximum atomic E-state index is 12.4. The minimum atomic E-state index is 0.00996. The highest BCUT2D eigenvalue weighted by Crippen LogP contribution is 2.27. The second-order valence-electron chi connectivity index (χ2n) is 6.36. The van der Waals surface area contributed by atoms with Crippen LogP contribution in [0.25, 0.3) is 16.5 Å². The summed E-state index contributed by atoms with van der Waals surface area (Å²) in [4.78, 5) is 19.7. The van der Waals surface area contributed by atoms with Gasteiger partial charge in [-0.15, -0.1) is 0 Å². The van der Waals surface area contributed by atoms with Gasteiger partial charge in [0.1, 0.15) is 0 Å². The molecule has 128 valence electrons. The molecule has 5 nitrogen and oxygen atoms in total. The zero-order chi connectivity index (χ0) is 17.1. The average Bonchev–Trinajstić information content (AvgIpc) is 3.04. The van der Waals surface area contributed by atoms with Gasteiger partial charge in [-0.05, 0) is 44.2 Å². The Labute approximate surface area is 143 Å². The lowest BCUT2D eigenvalue weighted by Gasteiger charge is -2.31. The van der Waals surface area contributed by atoms with E-state index in [1.54, 1.807) is 0 Å². The molecule has 2 N–H and O–H groups in total. The normalized spacial score (nSPS) is 18.5. The predicted molar refractivity (Wildman–Crippen MR) is 99.0 cm³/mol. The fourth-order valence-corrected chi connectivity index (χ4v) is 3.43. The van der Waals surface area contributed by atoms with Crippen LogP contribution in [-0.4, -0.2) is 60.1 Å². The van der Waals surface area contributed by atoms with Gasteiger partial charge in [0.15, 0.2) is 0 Å². The second kappa shape index (κ2) is 7.09. The standard InChI is InChI=1S/C19H26N4O/c1-4-23(5-2)19(24)21-15-11-14(12-22(3)13-15)16-7-6-8-18-17(16)9-10-20-18/h6-11,15,20H,4-5,12-13H2,1-3H3,(H,21,24)/t15-/m0/s1. The van der Waals surface area contributed by atoms with Crippen molar-refractivity contribution in [3.05, 3.63) is 42.1 Å². The number of urea groups is 1. The van der Waals surface area contributed by atoms with Gasteiger partial charge in [-0.2, -0.15) is 0 Å². The molecule has 1 aliphatic heterocycles. The molecule has 1 atom stereocenters. The van der Waals surface area contributed by atoms with Crippen LogP contribution < -0.4 is 5.32 Å². The summed E-state index contributed by atoms with van der Waals surface area (Å²) in [5, 5.41) is 4.38. The summed E-state index contributed by atoms with van der Waals surface area (Å²) in [5.74, 6) is 0. The molecule has 0 saturated heterocycles. The molecule has 1 aromatic carbocycles. The fraction of sp³-hybridized carbons (Fsp3) is 0.421. The quantitative estimate of drug-likeness (QED) is 0.908. The number of nitrogens with one attached hydrogen (secondary N) is 2. The molecule has 1 aliphatic rings. The number of hydrogen-bond acceptors (Lipinski definition) is 2. The van der Waals surface area contributed by atoms with E-state index in [-0.39, 0.29) is 12.1 Å². The Kier molecular flexibility index (Phi) is 4.90. The van der Waals surface area contributed by atoms with Crippen molar-refractivity contribution in [2.24, 2.45) is 0 Å². The highest BCUT2D eigenvalue weighted by Gasteiger charge is 2.22. The Balaban J connectivity index is 1.86. The van der Waals surface area contributed by atoms with E-state index < -0.39 is 0 Å². The third kappa shape index (κ3) is 3.31. The van der Waals surface area contributed by atoms with Crippen molar-refractivity contribution < 1.29 is 4.79 Å². The summed E-state index contributed by atoms with van der Waals surface area (Å²) in [6, 6.07) is 8.48. The van der Waals surface area contributed by atoms with Gasteiger partial charge in [-0.1, -0.05) is 18.2 Å². The van der Waals surface area contributed by atoms with Crippen LogP contribution in [0.4, 0.5) is 4.79 Å². The van der Waals surface area contributed by atoms with E-state index in [1.165, 1.54) is 16.5 Å². The summed E-state index contributed by atoms with van der Waals surface area (Å²) in [7, 11) is 2.10. The Morgan fingerprint density at radius 3 is 2.88 bits per heavy atom. The molecule has 0 fully saturated rings. The van der Waals surface area contributed by atoms with Gasteiger partial charge in [0.2, 0.25) is 0 Å². The van der Waals surface area contributed by atoms with Crippen LogP contribution in [-0.2, 0) is 0 Å². The van der Waals surface area contributed by atoms with E-state index in [2.05, 4.69) is 52.6 Å². The van der Waals surface area contributed by atoms with Gasteiger partial charge >= 0.3 is 6.03 Å². The predicted octanol–water partition coefficient (Wildman–Crippen LogP) is 2.92. The number of rotatable bonds is 4. The first-order chi connectivity index (χ1) is 11.6. The average molecular weight is 326 g/mol. The Morgan fingerprint density at radius 2 is 2.12 bits per heavy atom. The molecule has 24 heavy (non-hydrogen) atoms. The molecule has 0 spiro atoms. The van der Waals surface area contributed by atoms with Crippen LogP contribution in [0, 0.1) is 0 Å². The molecular weight excluding hydrogens is 300 g/mol. The number of carbonyl (C=O) groups excluding carboxylic acids is 1. The highest BCUT2D eigenvalue weighted by atomic mass is 16.2. The van der Waals surface area contributed by atoms with Crippen LogP contribution in [0.5, 0.6) is 0 Å². The van der Waals surface area contributed by atoms with Crippen molar-refractivity contribution in [1.29, 1.82) is 0 Å². The molecule has 0 bridgehead atoms. The number of H-pyrrole nitrogens is 1. The molecule has 5 heteroatoms. The SMILES string of the molecule is CCN(CC)C(=O)N[C@H]1C=C(c2cccc3[nH]ccc23)CN(C)C1. The van der Waals surface area contributed by atoms with Crippen molar-refractivity contribution in [3.8, 4) is 0 Å². The maximum Gasteiger partial charge on any atom is 0.317 e. The van der Waals surface area contributed by atoms with Gasteiger partial charge in [-0.25, -0.2) is 4.79 Å². The number of aromatic amines is 1. The molecule has 0 unspecified atom stereocenters. The molecule has 1 aromatic heterocycles. The lowest BCUT2D eigenvalue weighted by molar-refractivity contribution is 0.197. The fourth-order valence-electron chi connectivity index (χ4n) is 3.43. The van der Waals surface area contributed by atoms with E-state index in [0.717, 1.165) is 31.7 Å². The first kappa shape index (κ1) is 16.6. The van der Waals surface area contributed by atoms with E-state index in [0.29, 0.717) is 0 Å². The first-order valence-electron chi connectivity index (χ1n) is 8.63. The summed E-state index contributed by atoms with van der Waals surface area (Å²) in [6.45, 7) is 7.18. The van der Waals surface area contributed by atoms with E-state index in [9.17, 15) is 4.79 Å². The molecule has 0 aliphatic carbocycles. The lowest BCUT2D eigenvalue weighted by atomic mass is 9.96. The topological polar surface area (TPSA) is 51.4 Å². The molecule has 2 amide bonds. The molecule has 2 aromatic rings. The van der Waals surface area contributed by atoms with Crippen LogP contribution >= 0.6 is 0 Å². The number of fused-ring (bicyclic) bond motifs is 1. The summed E-state index contributed by atoms with van der Waals surface area (Å²) >= 11 is 0. The van der Waals surface area contributed by atoms with Crippen molar-refractivity contribution >= 4 is 22.5 Å². The second-order valence-corrected chi connectivity index (χ2v) is 6.36. The summed E-state index contributed by atoms with van der Waals surface area (Å²) in [6.07, 6.45) is 4.18. The minimum absolute atomic E-state index is 0.00996. The van der Waals surface area contributed by atoms with Crippen molar-refractivity contribution in [2.45, 2.75) is 19.9 Å². The number of benzene rings is 1. The Morgan fingerprint density at radius 1 is 1.33 bits per heavy atom. The highest BCUT2D eigenvalue weighted by molar-refractivity contribution is 5.93. The lowest BCUT2D eigenvalue weighted by Crippen LogP contribution is -2.49. The van der Waals surface area contributed by atoms with Crippen LogP contribution in [0.15, 0.2) is 36.5 Å². The van der Waals surface area contributed by atoms with Crippen molar-refractivity contribution in [2.75, 3.05) is 33.2 Å². The summed E-state index contributed by atoms with van der Waals surface area (Å²) in [5.41, 5.74) is 3.64. The molecule has 2 heterocycles. The number of carbonyl (C=O) groups is 1. The molecular formula is C19H26N4O. The van der Waals surface area contributed by atoms with Gasteiger partial charge in [-0.3, -0.25) is 4.90 Å². The monoisotopic (exact) mass is 326 g/mol. The van der Waals surface area contributed by atoms with E-state index in [1.807, 2.05) is 24.9 Å². The van der Waals surface area contributed by atoms with E-state index in [4.69, 9.17) is 0 Å². The molecule has 3 rings (SSSR count). The third-order valence-electron chi connectivity index (χ3n) is 4.65. The zero-order valence-corrected chi connectivity index (χ0v) is 14.7. The Hall–Kier alpha value is -2.27. The number of likely N-dealkylation sites (N-methyl/N-ethyl adjacent to an activating group) is 1. The van der Waals surface area contributed by atoms with Crippen LogP contribution in [0.1, 0.15) is 19.4 Å². The van der Waals surface area contributed by atoms with Gasteiger partial charge in [0, 0.05) is 43.3 Å². The molecule has 0 radical (unpaired) electrons. The van der Waals surface area contributed by atoms with Crippen molar-refractivity contribution in [3.63, 3.8) is 0 Å². The third-order valence-corrected chi connectivity index (χ3v) is 4.65. The number of amides is 2. The van der Waals surface area contributed by atoms with Gasteiger partial charge < -0.3 is 15.2 Å². The maximum absolute atomic E-state index is 12.4.